The predicted octanol–water partition coefficient (Wildman–Crippen LogP) is 2.63. The van der Waals surface area contributed by atoms with Gasteiger partial charge in [0.1, 0.15) is 0 Å². The Kier molecular flexibility index (Phi) is 9.26. The van der Waals surface area contributed by atoms with Crippen molar-refractivity contribution in [2.75, 3.05) is 47.2 Å². The first kappa shape index (κ1) is 18.1. The van der Waals surface area contributed by atoms with Crippen LogP contribution in [0.4, 0.5) is 0 Å². The van der Waals surface area contributed by atoms with E-state index in [1.807, 2.05) is 7.05 Å². The molecule has 4 nitrogen and oxygen atoms in total. The maximum atomic E-state index is 5.71. The molecule has 0 aliphatic rings. The van der Waals surface area contributed by atoms with Crippen LogP contribution >= 0.6 is 0 Å². The standard InChI is InChI=1S/C17H29NO3/c1-14-6-7-16(15(2)12-14)17(18-3)13-21-11-10-20-9-5-8-19-4/h6-7,12,17-18H,5,8-11,13H2,1-4H3. The molecule has 0 heterocycles. The summed E-state index contributed by atoms with van der Waals surface area (Å²) in [5.74, 6) is 0. The molecule has 21 heavy (non-hydrogen) atoms. The Bertz CT molecular complexity index is 396. The van der Waals surface area contributed by atoms with Crippen LogP contribution in [0.25, 0.3) is 0 Å². The van der Waals surface area contributed by atoms with E-state index in [1.165, 1.54) is 16.7 Å². The largest absolute Gasteiger partial charge is 0.385 e. The molecule has 0 radical (unpaired) electrons. The van der Waals surface area contributed by atoms with Gasteiger partial charge in [-0.1, -0.05) is 23.8 Å². The lowest BCUT2D eigenvalue weighted by molar-refractivity contribution is 0.0330. The Morgan fingerprint density at radius 3 is 2.48 bits per heavy atom. The van der Waals surface area contributed by atoms with E-state index in [1.54, 1.807) is 7.11 Å². The zero-order chi connectivity index (χ0) is 15.5. The summed E-state index contributed by atoms with van der Waals surface area (Å²) in [5.41, 5.74) is 3.88. The summed E-state index contributed by atoms with van der Waals surface area (Å²) < 4.78 is 16.1. The normalized spacial score (nSPS) is 12.6. The van der Waals surface area contributed by atoms with Crippen LogP contribution < -0.4 is 5.32 Å². The van der Waals surface area contributed by atoms with E-state index in [-0.39, 0.29) is 6.04 Å². The van der Waals surface area contributed by atoms with E-state index in [2.05, 4.69) is 37.4 Å². The molecule has 1 aromatic rings. The van der Waals surface area contributed by atoms with E-state index in [0.717, 1.165) is 19.6 Å². The summed E-state index contributed by atoms with van der Waals surface area (Å²) >= 11 is 0. The summed E-state index contributed by atoms with van der Waals surface area (Å²) in [6, 6.07) is 6.75. The molecule has 0 amide bonds. The van der Waals surface area contributed by atoms with Crippen LogP contribution in [0.15, 0.2) is 18.2 Å². The van der Waals surface area contributed by atoms with Gasteiger partial charge in [-0.15, -0.1) is 0 Å². The average Bonchev–Trinajstić information content (AvgIpc) is 2.47. The molecule has 0 fully saturated rings. The van der Waals surface area contributed by atoms with E-state index in [9.17, 15) is 0 Å². The molecule has 4 heteroatoms. The number of rotatable bonds is 11. The summed E-state index contributed by atoms with van der Waals surface area (Å²) in [6.45, 7) is 7.64. The maximum Gasteiger partial charge on any atom is 0.0701 e. The van der Waals surface area contributed by atoms with Crippen molar-refractivity contribution in [3.05, 3.63) is 34.9 Å². The number of hydrogen-bond acceptors (Lipinski definition) is 4. The first-order valence-electron chi connectivity index (χ1n) is 7.58. The van der Waals surface area contributed by atoms with Gasteiger partial charge < -0.3 is 19.5 Å². The fourth-order valence-corrected chi connectivity index (χ4v) is 2.27. The first-order chi connectivity index (χ1) is 10.2. The molecule has 0 bridgehead atoms. The molecule has 1 rings (SSSR count). The molecule has 0 aliphatic heterocycles. The van der Waals surface area contributed by atoms with Crippen molar-refractivity contribution in [1.82, 2.24) is 5.32 Å². The molecular weight excluding hydrogens is 266 g/mol. The molecule has 0 aliphatic carbocycles. The van der Waals surface area contributed by atoms with Gasteiger partial charge in [-0.2, -0.15) is 0 Å². The highest BCUT2D eigenvalue weighted by molar-refractivity contribution is 5.32. The lowest BCUT2D eigenvalue weighted by atomic mass is 10.00. The zero-order valence-corrected chi connectivity index (χ0v) is 13.8. The SMILES string of the molecule is CNC(COCCOCCCOC)c1ccc(C)cc1C. The van der Waals surface area contributed by atoms with Crippen LogP contribution in [0.3, 0.4) is 0 Å². The molecule has 1 N–H and O–H groups in total. The van der Waals surface area contributed by atoms with Crippen LogP contribution in [-0.2, 0) is 14.2 Å². The first-order valence-corrected chi connectivity index (χ1v) is 7.58. The molecular formula is C17H29NO3. The van der Waals surface area contributed by atoms with E-state index < -0.39 is 0 Å². The number of nitrogens with one attached hydrogen (secondary N) is 1. The Morgan fingerprint density at radius 1 is 1.05 bits per heavy atom. The molecule has 1 aromatic carbocycles. The Labute approximate surface area is 128 Å². The molecule has 120 valence electrons. The molecule has 0 saturated carbocycles. The zero-order valence-electron chi connectivity index (χ0n) is 13.8. The van der Waals surface area contributed by atoms with Crippen LogP contribution in [0.1, 0.15) is 29.2 Å². The molecule has 0 saturated heterocycles. The van der Waals surface area contributed by atoms with Crippen molar-refractivity contribution in [2.24, 2.45) is 0 Å². The molecule has 1 atom stereocenters. The summed E-state index contributed by atoms with van der Waals surface area (Å²) in [5, 5.41) is 3.32. The summed E-state index contributed by atoms with van der Waals surface area (Å²) in [7, 11) is 3.67. The fraction of sp³-hybridized carbons (Fsp3) is 0.647. The van der Waals surface area contributed by atoms with E-state index in [4.69, 9.17) is 14.2 Å². The highest BCUT2D eigenvalue weighted by atomic mass is 16.5. The van der Waals surface area contributed by atoms with Crippen molar-refractivity contribution < 1.29 is 14.2 Å². The van der Waals surface area contributed by atoms with Gasteiger partial charge in [-0.25, -0.2) is 0 Å². The number of methoxy groups -OCH3 is 1. The Hall–Kier alpha value is -0.940. The van der Waals surface area contributed by atoms with Gasteiger partial charge in [0.25, 0.3) is 0 Å². The minimum absolute atomic E-state index is 0.221. The second-order valence-corrected chi connectivity index (χ2v) is 5.23. The topological polar surface area (TPSA) is 39.7 Å². The fourth-order valence-electron chi connectivity index (χ4n) is 2.27. The summed E-state index contributed by atoms with van der Waals surface area (Å²) in [6.07, 6.45) is 0.929. The highest BCUT2D eigenvalue weighted by Gasteiger charge is 2.11. The molecule has 1 unspecified atom stereocenters. The van der Waals surface area contributed by atoms with Crippen molar-refractivity contribution in [1.29, 1.82) is 0 Å². The van der Waals surface area contributed by atoms with Gasteiger partial charge in [0.05, 0.1) is 25.9 Å². The second kappa shape index (κ2) is 10.7. The molecule has 0 aromatic heterocycles. The van der Waals surface area contributed by atoms with Gasteiger partial charge in [-0.05, 0) is 38.4 Å². The lowest BCUT2D eigenvalue weighted by Crippen LogP contribution is -2.23. The third-order valence-electron chi connectivity index (χ3n) is 3.44. The van der Waals surface area contributed by atoms with Gasteiger partial charge in [0.2, 0.25) is 0 Å². The minimum Gasteiger partial charge on any atom is -0.385 e. The monoisotopic (exact) mass is 295 g/mol. The van der Waals surface area contributed by atoms with Gasteiger partial charge in [-0.3, -0.25) is 0 Å². The quantitative estimate of drug-likeness (QED) is 0.637. The van der Waals surface area contributed by atoms with Gasteiger partial charge >= 0.3 is 0 Å². The van der Waals surface area contributed by atoms with Crippen LogP contribution in [0.2, 0.25) is 0 Å². The van der Waals surface area contributed by atoms with E-state index in [0.29, 0.717) is 19.8 Å². The lowest BCUT2D eigenvalue weighted by Gasteiger charge is -2.19. The van der Waals surface area contributed by atoms with Crippen LogP contribution in [-0.4, -0.2) is 47.2 Å². The number of ether oxygens (including phenoxy) is 3. The summed E-state index contributed by atoms with van der Waals surface area (Å²) in [4.78, 5) is 0. The van der Waals surface area contributed by atoms with Crippen molar-refractivity contribution in [3.63, 3.8) is 0 Å². The van der Waals surface area contributed by atoms with Crippen molar-refractivity contribution in [3.8, 4) is 0 Å². The number of hydrogen-bond donors (Lipinski definition) is 1. The Morgan fingerprint density at radius 2 is 1.81 bits per heavy atom. The second-order valence-electron chi connectivity index (χ2n) is 5.23. The third-order valence-corrected chi connectivity index (χ3v) is 3.44. The van der Waals surface area contributed by atoms with Crippen molar-refractivity contribution >= 4 is 0 Å². The number of benzene rings is 1. The maximum absolute atomic E-state index is 5.71. The van der Waals surface area contributed by atoms with Crippen LogP contribution in [0, 0.1) is 13.8 Å². The highest BCUT2D eigenvalue weighted by Crippen LogP contribution is 2.19. The predicted molar refractivity (Wildman–Crippen MR) is 85.8 cm³/mol. The molecule has 0 spiro atoms. The smallest absolute Gasteiger partial charge is 0.0701 e. The average molecular weight is 295 g/mol. The number of aryl methyl sites for hydroxylation is 2. The van der Waals surface area contributed by atoms with E-state index >= 15 is 0 Å². The van der Waals surface area contributed by atoms with Gasteiger partial charge in [0.15, 0.2) is 0 Å². The van der Waals surface area contributed by atoms with Crippen LogP contribution in [0.5, 0.6) is 0 Å². The van der Waals surface area contributed by atoms with Gasteiger partial charge in [0, 0.05) is 20.3 Å². The minimum atomic E-state index is 0.221. The third kappa shape index (κ3) is 7.05. The van der Waals surface area contributed by atoms with Crippen molar-refractivity contribution in [2.45, 2.75) is 26.3 Å². The number of likely N-dealkylation sites (N-methyl/N-ethyl adjacent to an activating group) is 1. The Balaban J connectivity index is 2.25.